The maximum Gasteiger partial charge on any atom is 0.416 e. The monoisotopic (exact) mass is 363 g/mol. The van der Waals surface area contributed by atoms with Crippen LogP contribution in [0.25, 0.3) is 0 Å². The fraction of sp³-hybridized carbons (Fsp3) is 0.455. The molecule has 9 heteroatoms. The van der Waals surface area contributed by atoms with E-state index in [1.165, 1.54) is 4.90 Å². The highest BCUT2D eigenvalue weighted by atomic mass is 79.9. The molecule has 0 bridgehead atoms. The van der Waals surface area contributed by atoms with Gasteiger partial charge in [0, 0.05) is 6.54 Å². The van der Waals surface area contributed by atoms with Crippen LogP contribution in [-0.4, -0.2) is 31.1 Å². The first kappa shape index (κ1) is 13.6. The van der Waals surface area contributed by atoms with E-state index in [0.717, 1.165) is 11.3 Å². The van der Waals surface area contributed by atoms with Crippen molar-refractivity contribution in [3.8, 4) is 11.8 Å². The lowest BCUT2D eigenvalue weighted by Gasteiger charge is -2.34. The van der Waals surface area contributed by atoms with Crippen LogP contribution in [-0.2, 0) is 0 Å². The number of halogens is 3. The molecule has 5 nitrogen and oxygen atoms in total. The van der Waals surface area contributed by atoms with Gasteiger partial charge in [-0.15, -0.1) is 11.3 Å². The lowest BCUT2D eigenvalue weighted by Crippen LogP contribution is -2.48. The van der Waals surface area contributed by atoms with Gasteiger partial charge in [0.15, 0.2) is 5.75 Å². The van der Waals surface area contributed by atoms with Crippen LogP contribution in [0.15, 0.2) is 3.79 Å². The van der Waals surface area contributed by atoms with Crippen LogP contribution in [0.3, 0.4) is 0 Å². The lowest BCUT2D eigenvalue weighted by molar-refractivity contribution is -0.172. The van der Waals surface area contributed by atoms with E-state index >= 15 is 0 Å². The largest absolute Gasteiger partial charge is 0.427 e. The lowest BCUT2D eigenvalue weighted by atomic mass is 10.2. The highest BCUT2D eigenvalue weighted by Gasteiger charge is 2.46. The molecule has 106 valence electrons. The Bertz CT molecular complexity index is 628. The number of nitriles is 1. The predicted octanol–water partition coefficient (Wildman–Crippen LogP) is 2.33. The van der Waals surface area contributed by atoms with Crippen molar-refractivity contribution < 1.29 is 18.3 Å². The Labute approximate surface area is 125 Å². The fourth-order valence-electron chi connectivity index (χ4n) is 2.34. The summed E-state index contributed by atoms with van der Waals surface area (Å²) in [6.45, 7) is -0.478. The number of amides is 1. The van der Waals surface area contributed by atoms with E-state index in [-0.39, 0.29) is 24.6 Å². The molecule has 3 heterocycles. The first-order valence-electron chi connectivity index (χ1n) is 5.73. The first-order chi connectivity index (χ1) is 9.41. The number of carbonyl (C=O) groups excluding carboxylic acids is 1. The van der Waals surface area contributed by atoms with Crippen molar-refractivity contribution in [2.45, 2.75) is 18.6 Å². The van der Waals surface area contributed by atoms with Gasteiger partial charge in [-0.1, -0.05) is 0 Å². The molecule has 1 aromatic heterocycles. The van der Waals surface area contributed by atoms with E-state index in [4.69, 9.17) is 5.26 Å². The van der Waals surface area contributed by atoms with Gasteiger partial charge in [0.2, 0.25) is 0 Å². The van der Waals surface area contributed by atoms with Gasteiger partial charge in [0.25, 0.3) is 5.91 Å². The molecule has 3 rings (SSSR count). The molecule has 1 atom stereocenters. The summed E-state index contributed by atoms with van der Waals surface area (Å²) in [4.78, 5) is 13.8. The summed E-state index contributed by atoms with van der Waals surface area (Å²) in [7, 11) is 0. The molecule has 20 heavy (non-hydrogen) atoms. The Hall–Kier alpha value is -1.40. The summed E-state index contributed by atoms with van der Waals surface area (Å²) in [5.41, 5.74) is 0.380. The molecule has 0 aromatic carbocycles. The van der Waals surface area contributed by atoms with Crippen LogP contribution in [0.1, 0.15) is 16.1 Å². The maximum absolute atomic E-state index is 13.6. The summed E-state index contributed by atoms with van der Waals surface area (Å²) in [6.07, 6.45) is -3.25. The third kappa shape index (κ3) is 2.13. The molecule has 0 saturated carbocycles. The average molecular weight is 364 g/mol. The van der Waals surface area contributed by atoms with Crippen molar-refractivity contribution in [3.05, 3.63) is 8.66 Å². The van der Waals surface area contributed by atoms with E-state index in [1.54, 1.807) is 0 Å². The standard InChI is InChI=1S/C11H8BrF2N3O2S/c12-9-7-6-8(20-9)10(18)16-5(1-2-15)3-17(6)4-11(13,14)19-7/h5H,1,3-4H2,(H,16,18). The molecule has 0 radical (unpaired) electrons. The quantitative estimate of drug-likeness (QED) is 0.831. The second-order valence-corrected chi connectivity index (χ2v) is 6.87. The molecule has 2 aliphatic heterocycles. The molecular weight excluding hydrogens is 356 g/mol. The van der Waals surface area contributed by atoms with Crippen molar-refractivity contribution in [2.24, 2.45) is 0 Å². The minimum atomic E-state index is -3.32. The van der Waals surface area contributed by atoms with Crippen molar-refractivity contribution in [2.75, 3.05) is 18.0 Å². The normalized spacial score (nSPS) is 23.2. The van der Waals surface area contributed by atoms with Crippen LogP contribution in [0.5, 0.6) is 5.75 Å². The Morgan fingerprint density at radius 3 is 3.10 bits per heavy atom. The zero-order valence-electron chi connectivity index (χ0n) is 9.95. The molecule has 1 aromatic rings. The predicted molar refractivity (Wildman–Crippen MR) is 71.3 cm³/mol. The number of rotatable bonds is 1. The van der Waals surface area contributed by atoms with Crippen LogP contribution < -0.4 is 15.0 Å². The van der Waals surface area contributed by atoms with Gasteiger partial charge in [-0.2, -0.15) is 14.0 Å². The van der Waals surface area contributed by atoms with Gasteiger partial charge < -0.3 is 15.0 Å². The number of nitrogens with one attached hydrogen (secondary N) is 1. The average Bonchev–Trinajstić information content (AvgIpc) is 2.59. The summed E-state index contributed by atoms with van der Waals surface area (Å²) in [5.74, 6) is -0.373. The number of anilines is 1. The minimum absolute atomic E-state index is 0.00555. The van der Waals surface area contributed by atoms with E-state index in [9.17, 15) is 13.6 Å². The van der Waals surface area contributed by atoms with E-state index in [2.05, 4.69) is 26.0 Å². The maximum atomic E-state index is 13.6. The number of alkyl halides is 2. The molecule has 0 fully saturated rings. The van der Waals surface area contributed by atoms with Crippen molar-refractivity contribution in [1.29, 1.82) is 5.26 Å². The van der Waals surface area contributed by atoms with Crippen LogP contribution in [0.4, 0.5) is 14.5 Å². The number of carbonyl (C=O) groups is 1. The molecular formula is C11H8BrF2N3O2S. The van der Waals surface area contributed by atoms with Gasteiger partial charge in [0.1, 0.15) is 20.9 Å². The van der Waals surface area contributed by atoms with Crippen LogP contribution in [0, 0.1) is 11.3 Å². The van der Waals surface area contributed by atoms with Crippen molar-refractivity contribution in [1.82, 2.24) is 5.32 Å². The van der Waals surface area contributed by atoms with Gasteiger partial charge in [-0.25, -0.2) is 0 Å². The number of hydrogen-bond acceptors (Lipinski definition) is 5. The van der Waals surface area contributed by atoms with Crippen molar-refractivity contribution >= 4 is 38.9 Å². The zero-order chi connectivity index (χ0) is 14.5. The fourth-order valence-corrected chi connectivity index (χ4v) is 3.97. The summed E-state index contributed by atoms with van der Waals surface area (Å²) < 4.78 is 32.3. The van der Waals surface area contributed by atoms with Gasteiger partial charge in [-0.3, -0.25) is 4.79 Å². The smallest absolute Gasteiger partial charge is 0.416 e. The highest BCUT2D eigenvalue weighted by molar-refractivity contribution is 9.11. The Morgan fingerprint density at radius 1 is 1.65 bits per heavy atom. The SMILES string of the molecule is N#CCC1CN2CC(F)(F)Oc3c(Br)sc(c32)C(=O)N1. The van der Waals surface area contributed by atoms with E-state index in [1.807, 2.05) is 6.07 Å². The first-order valence-corrected chi connectivity index (χ1v) is 7.34. The van der Waals surface area contributed by atoms with E-state index < -0.39 is 18.7 Å². The van der Waals surface area contributed by atoms with Gasteiger partial charge >= 0.3 is 6.11 Å². The summed E-state index contributed by atoms with van der Waals surface area (Å²) >= 11 is 4.20. The molecule has 0 saturated heterocycles. The molecule has 0 spiro atoms. The van der Waals surface area contributed by atoms with Crippen LogP contribution >= 0.6 is 27.3 Å². The molecule has 1 unspecified atom stereocenters. The zero-order valence-corrected chi connectivity index (χ0v) is 12.4. The second-order valence-electron chi connectivity index (χ2n) is 4.54. The Kier molecular flexibility index (Phi) is 3.10. The molecule has 1 N–H and O–H groups in total. The highest BCUT2D eigenvalue weighted by Crippen LogP contribution is 2.51. The third-order valence-corrected chi connectivity index (χ3v) is 4.86. The molecule has 2 aliphatic rings. The minimum Gasteiger partial charge on any atom is -0.427 e. The Morgan fingerprint density at radius 2 is 2.40 bits per heavy atom. The summed E-state index contributed by atoms with van der Waals surface area (Å²) in [5, 5.41) is 11.4. The van der Waals surface area contributed by atoms with Crippen molar-refractivity contribution in [3.63, 3.8) is 0 Å². The number of thiophene rings is 1. The Balaban J connectivity index is 2.08. The number of nitrogens with zero attached hydrogens (tertiary/aromatic N) is 2. The summed E-state index contributed by atoms with van der Waals surface area (Å²) in [6, 6.07) is 1.47. The second kappa shape index (κ2) is 4.56. The van der Waals surface area contributed by atoms with Crippen LogP contribution in [0.2, 0.25) is 0 Å². The third-order valence-electron chi connectivity index (χ3n) is 3.06. The van der Waals surface area contributed by atoms with E-state index in [0.29, 0.717) is 14.4 Å². The topological polar surface area (TPSA) is 65.4 Å². The number of hydrogen-bond donors (Lipinski definition) is 1. The van der Waals surface area contributed by atoms with Gasteiger partial charge in [-0.05, 0) is 15.9 Å². The molecule has 0 aliphatic carbocycles. The number of ether oxygens (including phenoxy) is 1. The van der Waals surface area contributed by atoms with Gasteiger partial charge in [0.05, 0.1) is 18.5 Å². The molecule has 1 amide bonds.